The maximum atomic E-state index is 12.3. The summed E-state index contributed by atoms with van der Waals surface area (Å²) in [4.78, 5) is 14.6. The van der Waals surface area contributed by atoms with Crippen LogP contribution in [0.25, 0.3) is 0 Å². The van der Waals surface area contributed by atoms with Crippen molar-refractivity contribution in [1.82, 2.24) is 5.48 Å². The molecular formula is C23H22N2O2. The van der Waals surface area contributed by atoms with Crippen LogP contribution in [0.2, 0.25) is 0 Å². The number of carbonyl (C=O) groups is 1. The summed E-state index contributed by atoms with van der Waals surface area (Å²) in [7, 11) is 0. The Kier molecular flexibility index (Phi) is 4.90. The summed E-state index contributed by atoms with van der Waals surface area (Å²) in [5.74, 6) is -0.965. The molecule has 0 bridgehead atoms. The molecule has 0 radical (unpaired) electrons. The quantitative estimate of drug-likeness (QED) is 0.550. The van der Waals surface area contributed by atoms with Gasteiger partial charge in [0.2, 0.25) is 0 Å². The third kappa shape index (κ3) is 3.57. The lowest BCUT2D eigenvalue weighted by molar-refractivity contribution is -0.129. The standard InChI is InChI=1S/C23H22N2O2/c26-23(24-27)22(18-7-2-1-3-8-18)19-10-12-21(13-11-19)25-15-14-17-6-4-5-9-20(17)16-25/h1-13,22,27H,14-16H2,(H,24,26). The molecule has 3 aromatic carbocycles. The van der Waals surface area contributed by atoms with Gasteiger partial charge in [0, 0.05) is 18.8 Å². The van der Waals surface area contributed by atoms with E-state index < -0.39 is 11.8 Å². The Morgan fingerprint density at radius 3 is 2.19 bits per heavy atom. The lowest BCUT2D eigenvalue weighted by Crippen LogP contribution is -2.30. The molecule has 1 aliphatic heterocycles. The van der Waals surface area contributed by atoms with E-state index in [0.717, 1.165) is 36.3 Å². The molecule has 0 aromatic heterocycles. The van der Waals surface area contributed by atoms with Crippen LogP contribution in [0.5, 0.6) is 0 Å². The highest BCUT2D eigenvalue weighted by Gasteiger charge is 2.23. The molecule has 1 aliphatic rings. The Morgan fingerprint density at radius 1 is 0.852 bits per heavy atom. The van der Waals surface area contributed by atoms with Crippen LogP contribution in [-0.4, -0.2) is 17.7 Å². The van der Waals surface area contributed by atoms with E-state index in [1.807, 2.05) is 42.5 Å². The van der Waals surface area contributed by atoms with Gasteiger partial charge in [-0.1, -0.05) is 66.7 Å². The highest BCUT2D eigenvalue weighted by Crippen LogP contribution is 2.29. The number of benzene rings is 3. The number of carbonyl (C=O) groups excluding carboxylic acids is 1. The molecule has 2 N–H and O–H groups in total. The van der Waals surface area contributed by atoms with E-state index in [2.05, 4.69) is 41.3 Å². The predicted molar refractivity (Wildman–Crippen MR) is 106 cm³/mol. The second-order valence-electron chi connectivity index (χ2n) is 6.85. The molecule has 27 heavy (non-hydrogen) atoms. The first-order chi connectivity index (χ1) is 13.3. The largest absolute Gasteiger partial charge is 0.367 e. The summed E-state index contributed by atoms with van der Waals surface area (Å²) < 4.78 is 0. The van der Waals surface area contributed by atoms with Gasteiger partial charge in [0.25, 0.3) is 5.91 Å². The van der Waals surface area contributed by atoms with Gasteiger partial charge in [0.05, 0.1) is 5.92 Å². The van der Waals surface area contributed by atoms with Crippen LogP contribution in [0.3, 0.4) is 0 Å². The maximum absolute atomic E-state index is 12.3. The van der Waals surface area contributed by atoms with E-state index in [1.54, 1.807) is 5.48 Å². The van der Waals surface area contributed by atoms with Crippen LogP contribution >= 0.6 is 0 Å². The van der Waals surface area contributed by atoms with E-state index in [4.69, 9.17) is 0 Å². The summed E-state index contributed by atoms with van der Waals surface area (Å²) in [5.41, 5.74) is 7.45. The topological polar surface area (TPSA) is 52.6 Å². The van der Waals surface area contributed by atoms with Gasteiger partial charge < -0.3 is 4.90 Å². The third-order valence-corrected chi connectivity index (χ3v) is 5.23. The Hall–Kier alpha value is -3.11. The fourth-order valence-corrected chi connectivity index (χ4v) is 3.80. The number of nitrogens with one attached hydrogen (secondary N) is 1. The van der Waals surface area contributed by atoms with E-state index in [-0.39, 0.29) is 0 Å². The zero-order valence-corrected chi connectivity index (χ0v) is 15.0. The van der Waals surface area contributed by atoms with E-state index in [0.29, 0.717) is 0 Å². The van der Waals surface area contributed by atoms with Crippen molar-refractivity contribution < 1.29 is 10.0 Å². The Balaban J connectivity index is 1.59. The van der Waals surface area contributed by atoms with Gasteiger partial charge in [-0.05, 0) is 40.8 Å². The average molecular weight is 358 g/mol. The normalized spacial score (nSPS) is 14.3. The zero-order chi connectivity index (χ0) is 18.6. The SMILES string of the molecule is O=C(NO)C(c1ccccc1)c1ccc(N2CCc3ccccc3C2)cc1. The molecule has 0 fully saturated rings. The van der Waals surface area contributed by atoms with E-state index in [1.165, 1.54) is 11.1 Å². The molecule has 4 heteroatoms. The van der Waals surface area contributed by atoms with Crippen molar-refractivity contribution in [2.24, 2.45) is 0 Å². The van der Waals surface area contributed by atoms with Crippen LogP contribution in [0.15, 0.2) is 78.9 Å². The molecule has 1 unspecified atom stereocenters. The number of fused-ring (bicyclic) bond motifs is 1. The van der Waals surface area contributed by atoms with Gasteiger partial charge in [0.1, 0.15) is 0 Å². The number of amides is 1. The van der Waals surface area contributed by atoms with Gasteiger partial charge in [0.15, 0.2) is 0 Å². The van der Waals surface area contributed by atoms with Gasteiger partial charge in [-0.2, -0.15) is 0 Å². The minimum atomic E-state index is -0.535. The van der Waals surface area contributed by atoms with Crippen molar-refractivity contribution in [3.63, 3.8) is 0 Å². The van der Waals surface area contributed by atoms with Crippen LogP contribution in [-0.2, 0) is 17.8 Å². The molecule has 0 aliphatic carbocycles. The second-order valence-corrected chi connectivity index (χ2v) is 6.85. The van der Waals surface area contributed by atoms with Crippen molar-refractivity contribution in [1.29, 1.82) is 0 Å². The zero-order valence-electron chi connectivity index (χ0n) is 15.0. The summed E-state index contributed by atoms with van der Waals surface area (Å²) in [5, 5.41) is 9.17. The van der Waals surface area contributed by atoms with Gasteiger partial charge in [-0.3, -0.25) is 10.0 Å². The Bertz CT molecular complexity index is 923. The summed E-state index contributed by atoms with van der Waals surface area (Å²) in [6.07, 6.45) is 1.04. The highest BCUT2D eigenvalue weighted by molar-refractivity contribution is 5.86. The molecule has 4 nitrogen and oxygen atoms in total. The van der Waals surface area contributed by atoms with Crippen molar-refractivity contribution in [3.05, 3.63) is 101 Å². The lowest BCUT2D eigenvalue weighted by Gasteiger charge is -2.31. The van der Waals surface area contributed by atoms with Crippen molar-refractivity contribution in [3.8, 4) is 0 Å². The van der Waals surface area contributed by atoms with E-state index >= 15 is 0 Å². The third-order valence-electron chi connectivity index (χ3n) is 5.23. The first kappa shape index (κ1) is 17.3. The van der Waals surface area contributed by atoms with Crippen LogP contribution in [0.4, 0.5) is 5.69 Å². The number of rotatable bonds is 4. The van der Waals surface area contributed by atoms with Crippen molar-refractivity contribution >= 4 is 11.6 Å². The van der Waals surface area contributed by atoms with Gasteiger partial charge in [-0.15, -0.1) is 0 Å². The first-order valence-corrected chi connectivity index (χ1v) is 9.17. The number of hydroxylamine groups is 1. The smallest absolute Gasteiger partial charge is 0.255 e. The van der Waals surface area contributed by atoms with Gasteiger partial charge in [-0.25, -0.2) is 5.48 Å². The molecular weight excluding hydrogens is 336 g/mol. The van der Waals surface area contributed by atoms with Crippen LogP contribution < -0.4 is 10.4 Å². The number of anilines is 1. The monoisotopic (exact) mass is 358 g/mol. The fraction of sp³-hybridized carbons (Fsp3) is 0.174. The minimum Gasteiger partial charge on any atom is -0.367 e. The molecule has 0 saturated carbocycles. The number of nitrogens with zero attached hydrogens (tertiary/aromatic N) is 1. The van der Waals surface area contributed by atoms with Crippen molar-refractivity contribution in [2.45, 2.75) is 18.9 Å². The molecule has 1 heterocycles. The summed E-state index contributed by atoms with van der Waals surface area (Å²) in [6, 6.07) is 26.1. The lowest BCUT2D eigenvalue weighted by atomic mass is 9.90. The molecule has 0 saturated heterocycles. The molecule has 4 rings (SSSR count). The molecule has 0 spiro atoms. The fourth-order valence-electron chi connectivity index (χ4n) is 3.80. The first-order valence-electron chi connectivity index (χ1n) is 9.17. The van der Waals surface area contributed by atoms with Crippen LogP contribution in [0.1, 0.15) is 28.2 Å². The average Bonchev–Trinajstić information content (AvgIpc) is 2.74. The van der Waals surface area contributed by atoms with Gasteiger partial charge >= 0.3 is 0 Å². The van der Waals surface area contributed by atoms with Crippen molar-refractivity contribution in [2.75, 3.05) is 11.4 Å². The number of hydrogen-bond acceptors (Lipinski definition) is 3. The second kappa shape index (κ2) is 7.64. The molecule has 1 atom stereocenters. The maximum Gasteiger partial charge on any atom is 0.255 e. The summed E-state index contributed by atoms with van der Waals surface area (Å²) in [6.45, 7) is 1.88. The van der Waals surface area contributed by atoms with E-state index in [9.17, 15) is 10.0 Å². The Labute approximate surface area is 159 Å². The molecule has 136 valence electrons. The summed E-state index contributed by atoms with van der Waals surface area (Å²) >= 11 is 0. The minimum absolute atomic E-state index is 0.430. The molecule has 1 amide bonds. The Morgan fingerprint density at radius 2 is 1.48 bits per heavy atom. The predicted octanol–water partition coefficient (Wildman–Crippen LogP) is 3.89. The highest BCUT2D eigenvalue weighted by atomic mass is 16.5. The van der Waals surface area contributed by atoms with Crippen LogP contribution in [0, 0.1) is 0 Å². The number of hydrogen-bond donors (Lipinski definition) is 2. The molecule has 3 aromatic rings.